The van der Waals surface area contributed by atoms with Gasteiger partial charge in [-0.25, -0.2) is 4.39 Å². The van der Waals surface area contributed by atoms with Gasteiger partial charge < -0.3 is 20.3 Å². The van der Waals surface area contributed by atoms with Crippen molar-refractivity contribution in [2.24, 2.45) is 10.9 Å². The number of guanidine groups is 1. The molecule has 0 aromatic heterocycles. The zero-order chi connectivity index (χ0) is 19.1. The van der Waals surface area contributed by atoms with Crippen LogP contribution in [0.5, 0.6) is 5.75 Å². The molecule has 1 aliphatic heterocycles. The molecule has 1 heterocycles. The maximum Gasteiger partial charge on any atom is 0.191 e. The van der Waals surface area contributed by atoms with Crippen molar-refractivity contribution in [3.05, 3.63) is 59.9 Å². The summed E-state index contributed by atoms with van der Waals surface area (Å²) in [6.07, 6.45) is 1.13. The Morgan fingerprint density at radius 1 is 1.18 bits per heavy atom. The molecule has 2 aromatic rings. The van der Waals surface area contributed by atoms with E-state index < -0.39 is 0 Å². The third kappa shape index (κ3) is 5.98. The fourth-order valence-corrected chi connectivity index (χ4v) is 3.36. The van der Waals surface area contributed by atoms with E-state index in [1.54, 1.807) is 26.3 Å². The van der Waals surface area contributed by atoms with Crippen molar-refractivity contribution in [3.63, 3.8) is 0 Å². The van der Waals surface area contributed by atoms with Crippen LogP contribution in [0.15, 0.2) is 53.5 Å². The first kappa shape index (κ1) is 22.3. The molecule has 2 aromatic carbocycles. The third-order valence-electron chi connectivity index (χ3n) is 4.87. The second-order valence-electron chi connectivity index (χ2n) is 6.71. The number of hydrogen-bond acceptors (Lipinski definition) is 3. The molecular weight excluding hydrogens is 470 g/mol. The SMILES string of the molecule is CN=C(NCc1ccc(F)cc1)NCC1CCN(c2ccccc2OC)C1.I. The van der Waals surface area contributed by atoms with Crippen LogP contribution in [0, 0.1) is 11.7 Å². The van der Waals surface area contributed by atoms with Gasteiger partial charge in [0.1, 0.15) is 11.6 Å². The summed E-state index contributed by atoms with van der Waals surface area (Å²) in [5.41, 5.74) is 2.17. The fourth-order valence-electron chi connectivity index (χ4n) is 3.36. The number of anilines is 1. The Morgan fingerprint density at radius 2 is 1.93 bits per heavy atom. The molecule has 1 saturated heterocycles. The predicted octanol–water partition coefficient (Wildman–Crippen LogP) is 3.64. The van der Waals surface area contributed by atoms with Crippen LogP contribution in [0.2, 0.25) is 0 Å². The van der Waals surface area contributed by atoms with E-state index in [4.69, 9.17) is 4.74 Å². The van der Waals surface area contributed by atoms with Gasteiger partial charge in [-0.15, -0.1) is 24.0 Å². The van der Waals surface area contributed by atoms with Crippen LogP contribution in [0.4, 0.5) is 10.1 Å². The van der Waals surface area contributed by atoms with Crippen LogP contribution in [-0.2, 0) is 6.54 Å². The number of nitrogens with zero attached hydrogens (tertiary/aromatic N) is 2. The smallest absolute Gasteiger partial charge is 0.191 e. The second kappa shape index (κ2) is 11.1. The minimum atomic E-state index is -0.220. The van der Waals surface area contributed by atoms with Crippen LogP contribution >= 0.6 is 24.0 Å². The zero-order valence-corrected chi connectivity index (χ0v) is 18.7. The van der Waals surface area contributed by atoms with Crippen molar-refractivity contribution in [1.29, 1.82) is 0 Å². The molecule has 1 atom stereocenters. The van der Waals surface area contributed by atoms with Gasteiger partial charge in [-0.2, -0.15) is 0 Å². The largest absolute Gasteiger partial charge is 0.495 e. The highest BCUT2D eigenvalue weighted by Gasteiger charge is 2.24. The number of halogens is 2. The zero-order valence-electron chi connectivity index (χ0n) is 16.3. The van der Waals surface area contributed by atoms with Crippen LogP contribution in [0.25, 0.3) is 0 Å². The lowest BCUT2D eigenvalue weighted by molar-refractivity contribution is 0.414. The first-order valence-electron chi connectivity index (χ1n) is 9.26. The van der Waals surface area contributed by atoms with E-state index in [2.05, 4.69) is 26.6 Å². The van der Waals surface area contributed by atoms with E-state index in [0.717, 1.165) is 49.0 Å². The molecule has 0 spiro atoms. The Labute approximate surface area is 183 Å². The maximum atomic E-state index is 13.0. The second-order valence-corrected chi connectivity index (χ2v) is 6.71. The molecule has 28 heavy (non-hydrogen) atoms. The molecule has 0 bridgehead atoms. The number of hydrogen-bond donors (Lipinski definition) is 2. The summed E-state index contributed by atoms with van der Waals surface area (Å²) < 4.78 is 18.5. The monoisotopic (exact) mass is 498 g/mol. The van der Waals surface area contributed by atoms with E-state index in [9.17, 15) is 4.39 Å². The molecule has 0 amide bonds. The van der Waals surface area contributed by atoms with Crippen molar-refractivity contribution in [2.75, 3.05) is 38.7 Å². The first-order chi connectivity index (χ1) is 13.2. The van der Waals surface area contributed by atoms with Gasteiger partial charge in [0.25, 0.3) is 0 Å². The summed E-state index contributed by atoms with van der Waals surface area (Å²) in [6, 6.07) is 14.6. The van der Waals surface area contributed by atoms with Crippen LogP contribution < -0.4 is 20.3 Å². The molecular formula is C21H28FIN4O. The normalized spacial score (nSPS) is 16.5. The molecule has 2 N–H and O–H groups in total. The predicted molar refractivity (Wildman–Crippen MR) is 123 cm³/mol. The standard InChI is InChI=1S/C21H27FN4O.HI/c1-23-21(24-13-16-7-9-18(22)10-8-16)25-14-17-11-12-26(15-17)19-5-3-4-6-20(19)27-2;/h3-10,17H,11-15H2,1-2H3,(H2,23,24,25);1H. The van der Waals surface area contributed by atoms with Crippen LogP contribution in [-0.4, -0.2) is 39.8 Å². The van der Waals surface area contributed by atoms with Crippen molar-refractivity contribution in [3.8, 4) is 5.75 Å². The molecule has 0 saturated carbocycles. The van der Waals surface area contributed by atoms with Crippen molar-refractivity contribution in [2.45, 2.75) is 13.0 Å². The highest BCUT2D eigenvalue weighted by Crippen LogP contribution is 2.31. The minimum absolute atomic E-state index is 0. The molecule has 0 radical (unpaired) electrons. The summed E-state index contributed by atoms with van der Waals surface area (Å²) in [5.74, 6) is 2.00. The number of benzene rings is 2. The number of ether oxygens (including phenoxy) is 1. The summed E-state index contributed by atoms with van der Waals surface area (Å²) in [6.45, 7) is 3.48. The van der Waals surface area contributed by atoms with Crippen molar-refractivity contribution in [1.82, 2.24) is 10.6 Å². The Hall–Kier alpha value is -2.03. The van der Waals surface area contributed by atoms with E-state index in [1.807, 2.05) is 18.2 Å². The summed E-state index contributed by atoms with van der Waals surface area (Å²) >= 11 is 0. The molecule has 152 valence electrons. The van der Waals surface area contributed by atoms with E-state index >= 15 is 0 Å². The minimum Gasteiger partial charge on any atom is -0.495 e. The van der Waals surface area contributed by atoms with Gasteiger partial charge in [0.15, 0.2) is 5.96 Å². The van der Waals surface area contributed by atoms with Crippen LogP contribution in [0.3, 0.4) is 0 Å². The van der Waals surface area contributed by atoms with Gasteiger partial charge in [-0.1, -0.05) is 24.3 Å². The van der Waals surface area contributed by atoms with Gasteiger partial charge in [-0.3, -0.25) is 4.99 Å². The third-order valence-corrected chi connectivity index (χ3v) is 4.87. The Kier molecular flexibility index (Phi) is 8.82. The first-order valence-corrected chi connectivity index (χ1v) is 9.26. The van der Waals surface area contributed by atoms with Crippen molar-refractivity contribution < 1.29 is 9.13 Å². The molecule has 7 heteroatoms. The van der Waals surface area contributed by atoms with Crippen LogP contribution in [0.1, 0.15) is 12.0 Å². The number of methoxy groups -OCH3 is 1. The molecule has 5 nitrogen and oxygen atoms in total. The van der Waals surface area contributed by atoms with Gasteiger partial charge in [0, 0.05) is 33.2 Å². The van der Waals surface area contributed by atoms with Gasteiger partial charge >= 0.3 is 0 Å². The Balaban J connectivity index is 0.00000280. The lowest BCUT2D eigenvalue weighted by Gasteiger charge is -2.21. The average molecular weight is 498 g/mol. The quantitative estimate of drug-likeness (QED) is 0.363. The van der Waals surface area contributed by atoms with Gasteiger partial charge in [-0.05, 0) is 42.2 Å². The average Bonchev–Trinajstić information content (AvgIpc) is 3.18. The Morgan fingerprint density at radius 3 is 2.64 bits per heavy atom. The highest BCUT2D eigenvalue weighted by molar-refractivity contribution is 14.0. The van der Waals surface area contributed by atoms with Gasteiger partial charge in [0.05, 0.1) is 12.8 Å². The molecule has 1 aliphatic rings. The maximum absolute atomic E-state index is 13.0. The topological polar surface area (TPSA) is 48.9 Å². The lowest BCUT2D eigenvalue weighted by Crippen LogP contribution is -2.39. The molecule has 1 fully saturated rings. The van der Waals surface area contributed by atoms with Crippen molar-refractivity contribution >= 4 is 35.6 Å². The number of aliphatic imine (C=N–C) groups is 1. The summed E-state index contributed by atoms with van der Waals surface area (Å²) in [5, 5.41) is 6.67. The molecule has 1 unspecified atom stereocenters. The summed E-state index contributed by atoms with van der Waals surface area (Å²) in [4.78, 5) is 6.65. The highest BCUT2D eigenvalue weighted by atomic mass is 127. The number of rotatable bonds is 6. The van der Waals surface area contributed by atoms with Gasteiger partial charge in [0.2, 0.25) is 0 Å². The lowest BCUT2D eigenvalue weighted by atomic mass is 10.1. The number of para-hydroxylation sites is 2. The Bertz CT molecular complexity index is 769. The molecule has 3 rings (SSSR count). The van der Waals surface area contributed by atoms with E-state index in [0.29, 0.717) is 12.5 Å². The van der Waals surface area contributed by atoms with E-state index in [1.165, 1.54) is 12.1 Å². The molecule has 0 aliphatic carbocycles. The number of nitrogens with one attached hydrogen (secondary N) is 2. The van der Waals surface area contributed by atoms with E-state index in [-0.39, 0.29) is 29.8 Å². The fraction of sp³-hybridized carbons (Fsp3) is 0.381. The summed E-state index contributed by atoms with van der Waals surface area (Å²) in [7, 11) is 3.47.